The number of nitrogens with zero attached hydrogens (tertiary/aromatic N) is 1. The van der Waals surface area contributed by atoms with E-state index in [-0.39, 0.29) is 28.2 Å². The Balaban J connectivity index is 2.00. The molecule has 0 fully saturated rings. The fourth-order valence-electron chi connectivity index (χ4n) is 2.19. The zero-order valence-electron chi connectivity index (χ0n) is 15.5. The molecule has 0 heterocycles. The van der Waals surface area contributed by atoms with E-state index in [2.05, 4.69) is 10.6 Å². The first-order valence-electron chi connectivity index (χ1n) is 8.12. The quantitative estimate of drug-likeness (QED) is 0.709. The van der Waals surface area contributed by atoms with Crippen LogP contribution in [-0.2, 0) is 19.6 Å². The summed E-state index contributed by atoms with van der Waals surface area (Å²) in [4.78, 5) is 23.2. The van der Waals surface area contributed by atoms with Gasteiger partial charge in [0, 0.05) is 32.4 Å². The van der Waals surface area contributed by atoms with Gasteiger partial charge in [-0.1, -0.05) is 17.7 Å². The first kappa shape index (κ1) is 21.7. The number of nitrogens with one attached hydrogen (secondary N) is 2. The summed E-state index contributed by atoms with van der Waals surface area (Å²) in [6, 6.07) is 10.7. The Labute approximate surface area is 168 Å². The molecule has 0 spiro atoms. The zero-order valence-corrected chi connectivity index (χ0v) is 17.1. The fraction of sp³-hybridized carbons (Fsp3) is 0.222. The minimum Gasteiger partial charge on any atom is -0.482 e. The number of halogens is 1. The van der Waals surface area contributed by atoms with Crippen molar-refractivity contribution in [2.75, 3.05) is 31.3 Å². The monoisotopic (exact) mass is 425 g/mol. The molecule has 8 nitrogen and oxygen atoms in total. The smallest absolute Gasteiger partial charge is 0.262 e. The average molecular weight is 426 g/mol. The number of rotatable bonds is 7. The van der Waals surface area contributed by atoms with Crippen LogP contribution in [0, 0.1) is 0 Å². The SMILES string of the molecule is CC(=O)Nc1cccc(NC(=O)COc2ccc(S(=O)(=O)N(C)C)cc2Cl)c1. The van der Waals surface area contributed by atoms with Gasteiger partial charge in [-0.15, -0.1) is 0 Å². The lowest BCUT2D eigenvalue weighted by Crippen LogP contribution is -2.22. The van der Waals surface area contributed by atoms with Gasteiger partial charge in [0.05, 0.1) is 9.92 Å². The largest absolute Gasteiger partial charge is 0.482 e. The molecule has 0 saturated heterocycles. The summed E-state index contributed by atoms with van der Waals surface area (Å²) < 4.78 is 30.6. The van der Waals surface area contributed by atoms with E-state index >= 15 is 0 Å². The van der Waals surface area contributed by atoms with Gasteiger partial charge in [0.2, 0.25) is 15.9 Å². The Morgan fingerprint density at radius 2 is 1.71 bits per heavy atom. The van der Waals surface area contributed by atoms with Crippen molar-refractivity contribution < 1.29 is 22.7 Å². The molecule has 0 aromatic heterocycles. The van der Waals surface area contributed by atoms with Gasteiger partial charge in [0.1, 0.15) is 5.75 Å². The van der Waals surface area contributed by atoms with Crippen LogP contribution < -0.4 is 15.4 Å². The van der Waals surface area contributed by atoms with Gasteiger partial charge < -0.3 is 15.4 Å². The number of anilines is 2. The molecule has 2 aromatic carbocycles. The Hall–Kier alpha value is -2.62. The summed E-state index contributed by atoms with van der Waals surface area (Å²) in [6.45, 7) is 1.06. The van der Waals surface area contributed by atoms with E-state index in [1.165, 1.54) is 39.2 Å². The summed E-state index contributed by atoms with van der Waals surface area (Å²) in [5, 5.41) is 5.33. The van der Waals surface area contributed by atoms with E-state index in [0.717, 1.165) is 4.31 Å². The molecule has 0 saturated carbocycles. The maximum Gasteiger partial charge on any atom is 0.262 e. The molecule has 0 atom stereocenters. The second-order valence-electron chi connectivity index (χ2n) is 5.98. The first-order valence-corrected chi connectivity index (χ1v) is 9.94. The summed E-state index contributed by atoms with van der Waals surface area (Å²) >= 11 is 6.07. The van der Waals surface area contributed by atoms with Crippen LogP contribution in [-0.4, -0.2) is 45.2 Å². The van der Waals surface area contributed by atoms with Crippen LogP contribution in [0.3, 0.4) is 0 Å². The van der Waals surface area contributed by atoms with E-state index in [4.69, 9.17) is 16.3 Å². The third-order valence-electron chi connectivity index (χ3n) is 3.51. The Morgan fingerprint density at radius 1 is 1.07 bits per heavy atom. The van der Waals surface area contributed by atoms with E-state index in [1.807, 2.05) is 0 Å². The normalized spacial score (nSPS) is 11.2. The molecule has 2 amide bonds. The molecule has 28 heavy (non-hydrogen) atoms. The topological polar surface area (TPSA) is 105 Å². The molecule has 0 aliphatic rings. The highest BCUT2D eigenvalue weighted by Crippen LogP contribution is 2.28. The molecule has 2 rings (SSSR count). The van der Waals surface area contributed by atoms with Crippen LogP contribution in [0.2, 0.25) is 5.02 Å². The summed E-state index contributed by atoms with van der Waals surface area (Å²) in [5.41, 5.74) is 1.03. The molecule has 2 N–H and O–H groups in total. The van der Waals surface area contributed by atoms with E-state index in [9.17, 15) is 18.0 Å². The van der Waals surface area contributed by atoms with Crippen molar-refractivity contribution in [3.63, 3.8) is 0 Å². The fourth-order valence-corrected chi connectivity index (χ4v) is 3.42. The van der Waals surface area contributed by atoms with Gasteiger partial charge in [0.15, 0.2) is 6.61 Å². The second kappa shape index (κ2) is 9.05. The molecule has 0 aliphatic carbocycles. The predicted molar refractivity (Wildman–Crippen MR) is 107 cm³/mol. The molecule has 0 aliphatic heterocycles. The van der Waals surface area contributed by atoms with Crippen LogP contribution in [0.1, 0.15) is 6.92 Å². The molecule has 10 heteroatoms. The summed E-state index contributed by atoms with van der Waals surface area (Å²) in [5.74, 6) is -0.483. The minimum absolute atomic E-state index is 0.0223. The van der Waals surface area contributed by atoms with Crippen LogP contribution >= 0.6 is 11.6 Å². The maximum absolute atomic E-state index is 12.1. The first-order chi connectivity index (χ1) is 13.1. The lowest BCUT2D eigenvalue weighted by molar-refractivity contribution is -0.118. The molecular weight excluding hydrogens is 406 g/mol. The molecule has 150 valence electrons. The molecular formula is C18H20ClN3O5S. The number of ether oxygens (including phenoxy) is 1. The van der Waals surface area contributed by atoms with Crippen molar-refractivity contribution in [3.05, 3.63) is 47.5 Å². The van der Waals surface area contributed by atoms with Gasteiger partial charge in [-0.3, -0.25) is 9.59 Å². The number of hydrogen-bond acceptors (Lipinski definition) is 5. The number of carbonyl (C=O) groups excluding carboxylic acids is 2. The second-order valence-corrected chi connectivity index (χ2v) is 8.54. The lowest BCUT2D eigenvalue weighted by atomic mass is 10.2. The third-order valence-corrected chi connectivity index (χ3v) is 5.61. The van der Waals surface area contributed by atoms with Crippen LogP contribution in [0.4, 0.5) is 11.4 Å². The number of benzene rings is 2. The summed E-state index contributed by atoms with van der Waals surface area (Å²) in [7, 11) is -0.786. The standard InChI is InChI=1S/C18H20ClN3O5S/c1-12(23)20-13-5-4-6-14(9-13)21-18(24)11-27-17-8-7-15(10-16(17)19)28(25,26)22(2)3/h4-10H,11H2,1-3H3,(H,20,23)(H,21,24). The van der Waals surface area contributed by atoms with Crippen molar-refractivity contribution in [3.8, 4) is 5.75 Å². The van der Waals surface area contributed by atoms with Crippen molar-refractivity contribution in [2.24, 2.45) is 0 Å². The van der Waals surface area contributed by atoms with Crippen molar-refractivity contribution in [2.45, 2.75) is 11.8 Å². The van der Waals surface area contributed by atoms with Crippen LogP contribution in [0.5, 0.6) is 5.75 Å². The third kappa shape index (κ3) is 5.69. The summed E-state index contributed by atoms with van der Waals surface area (Å²) in [6.07, 6.45) is 0. The highest BCUT2D eigenvalue weighted by molar-refractivity contribution is 7.89. The van der Waals surface area contributed by atoms with E-state index in [0.29, 0.717) is 11.4 Å². The van der Waals surface area contributed by atoms with Gasteiger partial charge in [0.25, 0.3) is 5.91 Å². The number of hydrogen-bond donors (Lipinski definition) is 2. The lowest BCUT2D eigenvalue weighted by Gasteiger charge is -2.13. The van der Waals surface area contributed by atoms with Crippen LogP contribution in [0.25, 0.3) is 0 Å². The predicted octanol–water partition coefficient (Wildman–Crippen LogP) is 2.57. The van der Waals surface area contributed by atoms with Gasteiger partial charge in [-0.2, -0.15) is 0 Å². The maximum atomic E-state index is 12.1. The Morgan fingerprint density at radius 3 is 2.29 bits per heavy atom. The average Bonchev–Trinajstić information content (AvgIpc) is 2.60. The van der Waals surface area contributed by atoms with Gasteiger partial charge in [-0.25, -0.2) is 12.7 Å². The number of carbonyl (C=O) groups is 2. The van der Waals surface area contributed by atoms with Gasteiger partial charge in [-0.05, 0) is 36.4 Å². The highest BCUT2D eigenvalue weighted by Gasteiger charge is 2.19. The van der Waals surface area contributed by atoms with Crippen molar-refractivity contribution in [1.29, 1.82) is 0 Å². The number of amides is 2. The van der Waals surface area contributed by atoms with Crippen molar-refractivity contribution in [1.82, 2.24) is 4.31 Å². The van der Waals surface area contributed by atoms with Gasteiger partial charge >= 0.3 is 0 Å². The van der Waals surface area contributed by atoms with E-state index in [1.54, 1.807) is 24.3 Å². The van der Waals surface area contributed by atoms with E-state index < -0.39 is 15.9 Å². The zero-order chi connectivity index (χ0) is 20.9. The Bertz CT molecular complexity index is 992. The molecule has 0 bridgehead atoms. The molecule has 0 unspecified atom stereocenters. The van der Waals surface area contributed by atoms with Crippen molar-refractivity contribution >= 4 is 44.8 Å². The Kier molecular flexibility index (Phi) is 7.00. The molecule has 2 aromatic rings. The molecule has 0 radical (unpaired) electrons. The number of sulfonamides is 1. The minimum atomic E-state index is -3.62. The highest BCUT2D eigenvalue weighted by atomic mass is 35.5. The van der Waals surface area contributed by atoms with Crippen LogP contribution in [0.15, 0.2) is 47.4 Å².